The summed E-state index contributed by atoms with van der Waals surface area (Å²) in [6.07, 6.45) is 5.14. The van der Waals surface area contributed by atoms with Gasteiger partial charge in [0, 0.05) is 37.2 Å². The van der Waals surface area contributed by atoms with E-state index in [0.29, 0.717) is 30.4 Å². The average molecular weight is 309 g/mol. The fourth-order valence-electron chi connectivity index (χ4n) is 2.05. The Morgan fingerprint density at radius 1 is 0.870 bits per heavy atom. The molecule has 2 N–H and O–H groups in total. The van der Waals surface area contributed by atoms with Crippen LogP contribution in [0.2, 0.25) is 0 Å². The first-order chi connectivity index (χ1) is 11.3. The number of nitrogens with zero attached hydrogens (tertiary/aromatic N) is 3. The van der Waals surface area contributed by atoms with Crippen LogP contribution in [-0.4, -0.2) is 15.0 Å². The highest BCUT2D eigenvalue weighted by Gasteiger charge is 2.02. The molecule has 0 aliphatic carbocycles. The van der Waals surface area contributed by atoms with E-state index in [1.165, 1.54) is 6.07 Å². The van der Waals surface area contributed by atoms with Crippen molar-refractivity contribution in [2.75, 3.05) is 10.6 Å². The summed E-state index contributed by atoms with van der Waals surface area (Å²) >= 11 is 0. The monoisotopic (exact) mass is 309 g/mol. The first kappa shape index (κ1) is 14.9. The summed E-state index contributed by atoms with van der Waals surface area (Å²) in [6.45, 7) is 0.979. The van der Waals surface area contributed by atoms with Gasteiger partial charge in [0.2, 0.25) is 5.95 Å². The molecule has 1 aromatic carbocycles. The van der Waals surface area contributed by atoms with Gasteiger partial charge in [0.05, 0.1) is 0 Å². The second-order valence-electron chi connectivity index (χ2n) is 4.92. The van der Waals surface area contributed by atoms with Gasteiger partial charge in [0.15, 0.2) is 0 Å². The highest BCUT2D eigenvalue weighted by molar-refractivity contribution is 5.40. The number of anilines is 2. The summed E-state index contributed by atoms with van der Waals surface area (Å²) < 4.78 is 13.6. The number of hydrogen-bond donors (Lipinski definition) is 2. The van der Waals surface area contributed by atoms with E-state index in [2.05, 4.69) is 25.6 Å². The quantitative estimate of drug-likeness (QED) is 0.732. The molecule has 3 rings (SSSR count). The summed E-state index contributed by atoms with van der Waals surface area (Å²) in [6, 6.07) is 12.3. The van der Waals surface area contributed by atoms with Gasteiger partial charge in [-0.25, -0.2) is 9.37 Å². The van der Waals surface area contributed by atoms with E-state index in [1.807, 2.05) is 18.2 Å². The maximum atomic E-state index is 13.6. The first-order valence-corrected chi connectivity index (χ1v) is 7.24. The number of nitrogens with one attached hydrogen (secondary N) is 2. The van der Waals surface area contributed by atoms with E-state index in [4.69, 9.17) is 0 Å². The molecule has 0 saturated carbocycles. The Kier molecular flexibility index (Phi) is 4.73. The molecule has 2 heterocycles. The fraction of sp³-hybridized carbons (Fsp3) is 0.118. The Balaban J connectivity index is 1.60. The van der Waals surface area contributed by atoms with E-state index < -0.39 is 0 Å². The summed E-state index contributed by atoms with van der Waals surface area (Å²) in [5, 5.41) is 6.25. The van der Waals surface area contributed by atoms with Crippen LogP contribution in [0.1, 0.15) is 11.1 Å². The van der Waals surface area contributed by atoms with Crippen LogP contribution in [-0.2, 0) is 13.1 Å². The third-order valence-electron chi connectivity index (χ3n) is 3.27. The number of aromatic nitrogens is 3. The lowest BCUT2D eigenvalue weighted by molar-refractivity contribution is 0.613. The highest BCUT2D eigenvalue weighted by atomic mass is 19.1. The van der Waals surface area contributed by atoms with Crippen LogP contribution >= 0.6 is 0 Å². The molecule has 5 nitrogen and oxygen atoms in total. The molecule has 3 aromatic rings. The molecule has 0 aliphatic heterocycles. The normalized spacial score (nSPS) is 10.3. The predicted molar refractivity (Wildman–Crippen MR) is 87.3 cm³/mol. The number of pyridine rings is 1. The summed E-state index contributed by atoms with van der Waals surface area (Å²) in [4.78, 5) is 12.5. The summed E-state index contributed by atoms with van der Waals surface area (Å²) in [5.41, 5.74) is 1.69. The molecule has 0 saturated heterocycles. The predicted octanol–water partition coefficient (Wildman–Crippen LogP) is 3.23. The van der Waals surface area contributed by atoms with Crippen LogP contribution in [0.3, 0.4) is 0 Å². The van der Waals surface area contributed by atoms with Gasteiger partial charge < -0.3 is 10.6 Å². The third-order valence-corrected chi connectivity index (χ3v) is 3.27. The molecule has 0 radical (unpaired) electrons. The minimum absolute atomic E-state index is 0.231. The zero-order valence-electron chi connectivity index (χ0n) is 12.4. The van der Waals surface area contributed by atoms with Crippen LogP contribution in [0, 0.1) is 5.82 Å². The zero-order valence-corrected chi connectivity index (χ0v) is 12.4. The molecule has 0 bridgehead atoms. The smallest absolute Gasteiger partial charge is 0.224 e. The lowest BCUT2D eigenvalue weighted by Gasteiger charge is -2.09. The average Bonchev–Trinajstić information content (AvgIpc) is 2.61. The van der Waals surface area contributed by atoms with Crippen LogP contribution in [0.4, 0.5) is 16.2 Å². The van der Waals surface area contributed by atoms with Crippen molar-refractivity contribution >= 4 is 11.8 Å². The molecule has 0 fully saturated rings. The second-order valence-corrected chi connectivity index (χ2v) is 4.92. The Hall–Kier alpha value is -3.02. The van der Waals surface area contributed by atoms with Gasteiger partial charge >= 0.3 is 0 Å². The molecule has 0 aliphatic rings. The SMILES string of the molecule is Fc1ccccc1CNc1ccnc(NCc2ccncc2)n1. The molecule has 2 aromatic heterocycles. The van der Waals surface area contributed by atoms with E-state index in [1.54, 1.807) is 36.8 Å². The summed E-state index contributed by atoms with van der Waals surface area (Å²) in [5.74, 6) is 0.922. The van der Waals surface area contributed by atoms with E-state index in [0.717, 1.165) is 5.56 Å². The minimum Gasteiger partial charge on any atom is -0.366 e. The van der Waals surface area contributed by atoms with Crippen molar-refractivity contribution in [1.29, 1.82) is 0 Å². The van der Waals surface area contributed by atoms with E-state index >= 15 is 0 Å². The summed E-state index contributed by atoms with van der Waals surface area (Å²) in [7, 11) is 0. The molecule has 0 atom stereocenters. The van der Waals surface area contributed by atoms with E-state index in [-0.39, 0.29) is 5.82 Å². The molecule has 0 unspecified atom stereocenters. The van der Waals surface area contributed by atoms with Crippen molar-refractivity contribution in [3.05, 3.63) is 78.0 Å². The standard InChI is InChI=1S/C17H16FN5/c18-15-4-2-1-3-14(15)12-21-16-7-10-20-17(23-16)22-11-13-5-8-19-9-6-13/h1-10H,11-12H2,(H2,20,21,22,23). The van der Waals surface area contributed by atoms with Gasteiger partial charge in [-0.2, -0.15) is 4.98 Å². The van der Waals surface area contributed by atoms with Gasteiger partial charge in [-0.3, -0.25) is 4.98 Å². The first-order valence-electron chi connectivity index (χ1n) is 7.24. The van der Waals surface area contributed by atoms with E-state index in [9.17, 15) is 4.39 Å². The van der Waals surface area contributed by atoms with Crippen molar-refractivity contribution in [3.8, 4) is 0 Å². The number of halogens is 1. The van der Waals surface area contributed by atoms with Crippen molar-refractivity contribution in [3.63, 3.8) is 0 Å². The lowest BCUT2D eigenvalue weighted by Crippen LogP contribution is -2.07. The molecule has 0 spiro atoms. The topological polar surface area (TPSA) is 62.7 Å². The maximum absolute atomic E-state index is 13.6. The molecule has 0 amide bonds. The van der Waals surface area contributed by atoms with Crippen molar-refractivity contribution < 1.29 is 4.39 Å². The second kappa shape index (κ2) is 7.31. The van der Waals surface area contributed by atoms with Gasteiger partial charge in [0.25, 0.3) is 0 Å². The van der Waals surface area contributed by atoms with Gasteiger partial charge in [-0.1, -0.05) is 18.2 Å². The zero-order chi connectivity index (χ0) is 15.9. The molecular formula is C17H16FN5. The molecule has 116 valence electrons. The molecule has 23 heavy (non-hydrogen) atoms. The number of hydrogen-bond acceptors (Lipinski definition) is 5. The van der Waals surface area contributed by atoms with Crippen LogP contribution in [0.15, 0.2) is 61.1 Å². The lowest BCUT2D eigenvalue weighted by atomic mass is 10.2. The largest absolute Gasteiger partial charge is 0.366 e. The van der Waals surface area contributed by atoms with Crippen molar-refractivity contribution in [2.24, 2.45) is 0 Å². The van der Waals surface area contributed by atoms with Crippen LogP contribution < -0.4 is 10.6 Å². The van der Waals surface area contributed by atoms with Crippen molar-refractivity contribution in [1.82, 2.24) is 15.0 Å². The van der Waals surface area contributed by atoms with Crippen LogP contribution in [0.5, 0.6) is 0 Å². The van der Waals surface area contributed by atoms with Gasteiger partial charge in [0.1, 0.15) is 11.6 Å². The number of benzene rings is 1. The Labute approximate surface area is 133 Å². The third kappa shape index (κ3) is 4.23. The van der Waals surface area contributed by atoms with Crippen molar-refractivity contribution in [2.45, 2.75) is 13.1 Å². The molecule has 6 heteroatoms. The molecular weight excluding hydrogens is 293 g/mol. The van der Waals surface area contributed by atoms with Gasteiger partial charge in [-0.05, 0) is 29.8 Å². The number of rotatable bonds is 6. The van der Waals surface area contributed by atoms with Gasteiger partial charge in [-0.15, -0.1) is 0 Å². The fourth-order valence-corrected chi connectivity index (χ4v) is 2.05. The maximum Gasteiger partial charge on any atom is 0.224 e. The van der Waals surface area contributed by atoms with Crippen LogP contribution in [0.25, 0.3) is 0 Å². The Morgan fingerprint density at radius 2 is 1.70 bits per heavy atom. The minimum atomic E-state index is -0.231. The highest BCUT2D eigenvalue weighted by Crippen LogP contribution is 2.11. The Bertz CT molecular complexity index is 764. The Morgan fingerprint density at radius 3 is 2.52 bits per heavy atom.